The number of rotatable bonds is 10. The minimum atomic E-state index is -0.415. The molecular weight excluding hydrogens is 358 g/mol. The lowest BCUT2D eigenvalue weighted by Crippen LogP contribution is -2.21. The molecule has 0 fully saturated rings. The van der Waals surface area contributed by atoms with Crippen LogP contribution in [0.5, 0.6) is 11.5 Å². The van der Waals surface area contributed by atoms with E-state index in [0.29, 0.717) is 42.8 Å². The molecule has 0 radical (unpaired) electrons. The number of hydrogen-bond acceptors (Lipinski definition) is 6. The first-order valence-corrected chi connectivity index (χ1v) is 8.61. The van der Waals surface area contributed by atoms with Gasteiger partial charge in [0.25, 0.3) is 5.69 Å². The molecule has 0 amide bonds. The normalized spacial score (nSPS) is 10.4. The average Bonchev–Trinajstić information content (AvgIpc) is 2.63. The van der Waals surface area contributed by atoms with E-state index in [9.17, 15) is 10.1 Å². The Bertz CT molecular complexity index is 738. The lowest BCUT2D eigenvalue weighted by molar-refractivity contribution is -0.384. The SMILES string of the molecule is CCOc1c(Cl)cc(CNCCNc2ccc([N+](=O)[O-])cc2)cc1OC. The molecular formula is C18H22ClN3O4. The first-order chi connectivity index (χ1) is 12.5. The van der Waals surface area contributed by atoms with Crippen LogP contribution in [0, 0.1) is 10.1 Å². The van der Waals surface area contributed by atoms with E-state index in [1.165, 1.54) is 12.1 Å². The summed E-state index contributed by atoms with van der Waals surface area (Å²) < 4.78 is 10.8. The maximum absolute atomic E-state index is 10.6. The van der Waals surface area contributed by atoms with Crippen molar-refractivity contribution in [2.75, 3.05) is 32.1 Å². The van der Waals surface area contributed by atoms with Crippen molar-refractivity contribution < 1.29 is 14.4 Å². The number of benzene rings is 2. The van der Waals surface area contributed by atoms with Gasteiger partial charge in [-0.1, -0.05) is 11.6 Å². The summed E-state index contributed by atoms with van der Waals surface area (Å²) in [6.07, 6.45) is 0. The number of anilines is 1. The summed E-state index contributed by atoms with van der Waals surface area (Å²) in [4.78, 5) is 10.2. The quantitative estimate of drug-likeness (QED) is 0.370. The first-order valence-electron chi connectivity index (χ1n) is 8.23. The number of nitro benzene ring substituents is 1. The van der Waals surface area contributed by atoms with E-state index in [1.54, 1.807) is 19.2 Å². The third kappa shape index (κ3) is 5.50. The molecule has 0 heterocycles. The molecule has 0 aliphatic carbocycles. The fourth-order valence-corrected chi connectivity index (χ4v) is 2.68. The van der Waals surface area contributed by atoms with E-state index >= 15 is 0 Å². The second-order valence-corrected chi connectivity index (χ2v) is 5.86. The first kappa shape index (κ1) is 19.8. The monoisotopic (exact) mass is 379 g/mol. The van der Waals surface area contributed by atoms with Crippen LogP contribution in [0.3, 0.4) is 0 Å². The number of ether oxygens (including phenoxy) is 2. The average molecular weight is 380 g/mol. The van der Waals surface area contributed by atoms with Crippen molar-refractivity contribution in [3.8, 4) is 11.5 Å². The van der Waals surface area contributed by atoms with E-state index < -0.39 is 4.92 Å². The molecule has 2 N–H and O–H groups in total. The van der Waals surface area contributed by atoms with Crippen molar-refractivity contribution in [2.45, 2.75) is 13.5 Å². The highest BCUT2D eigenvalue weighted by molar-refractivity contribution is 6.32. The molecule has 0 aromatic heterocycles. The number of nitrogens with one attached hydrogen (secondary N) is 2. The van der Waals surface area contributed by atoms with E-state index in [0.717, 1.165) is 11.3 Å². The van der Waals surface area contributed by atoms with Crippen LogP contribution in [0.2, 0.25) is 5.02 Å². The van der Waals surface area contributed by atoms with Crippen LogP contribution in [0.25, 0.3) is 0 Å². The van der Waals surface area contributed by atoms with Gasteiger partial charge in [0.2, 0.25) is 0 Å². The van der Waals surface area contributed by atoms with Crippen molar-refractivity contribution in [1.82, 2.24) is 5.32 Å². The Kier molecular flexibility index (Phi) is 7.50. The Labute approximate surface area is 157 Å². The standard InChI is InChI=1S/C18H22ClN3O4/c1-3-26-18-16(19)10-13(11-17(18)25-2)12-20-8-9-21-14-4-6-15(7-5-14)22(23)24/h4-7,10-11,20-21H,3,8-9,12H2,1-2H3. The lowest BCUT2D eigenvalue weighted by Gasteiger charge is -2.14. The van der Waals surface area contributed by atoms with Crippen molar-refractivity contribution in [2.24, 2.45) is 0 Å². The predicted molar refractivity (Wildman–Crippen MR) is 102 cm³/mol. The van der Waals surface area contributed by atoms with Gasteiger partial charge in [-0.25, -0.2) is 0 Å². The molecule has 0 aliphatic rings. The fourth-order valence-electron chi connectivity index (χ4n) is 2.39. The topological polar surface area (TPSA) is 85.7 Å². The molecule has 0 atom stereocenters. The van der Waals surface area contributed by atoms with Crippen LogP contribution in [-0.2, 0) is 6.54 Å². The number of methoxy groups -OCH3 is 1. The van der Waals surface area contributed by atoms with Crippen molar-refractivity contribution in [3.63, 3.8) is 0 Å². The number of hydrogen-bond donors (Lipinski definition) is 2. The summed E-state index contributed by atoms with van der Waals surface area (Å²) >= 11 is 6.25. The molecule has 0 saturated carbocycles. The minimum Gasteiger partial charge on any atom is -0.493 e. The van der Waals surface area contributed by atoms with Gasteiger partial charge in [0.15, 0.2) is 11.5 Å². The zero-order chi connectivity index (χ0) is 18.9. The fraction of sp³-hybridized carbons (Fsp3) is 0.333. The third-order valence-electron chi connectivity index (χ3n) is 3.62. The molecule has 0 aliphatic heterocycles. The molecule has 0 unspecified atom stereocenters. The second-order valence-electron chi connectivity index (χ2n) is 5.45. The van der Waals surface area contributed by atoms with Crippen molar-refractivity contribution in [1.29, 1.82) is 0 Å². The van der Waals surface area contributed by atoms with Gasteiger partial charge >= 0.3 is 0 Å². The van der Waals surface area contributed by atoms with Crippen LogP contribution in [0.4, 0.5) is 11.4 Å². The third-order valence-corrected chi connectivity index (χ3v) is 3.90. The second kappa shape index (κ2) is 9.84. The minimum absolute atomic E-state index is 0.0787. The molecule has 8 heteroatoms. The van der Waals surface area contributed by atoms with Crippen molar-refractivity contribution >= 4 is 23.0 Å². The van der Waals surface area contributed by atoms with Gasteiger partial charge in [-0.3, -0.25) is 10.1 Å². The highest BCUT2D eigenvalue weighted by Gasteiger charge is 2.11. The molecule has 0 bridgehead atoms. The van der Waals surface area contributed by atoms with Gasteiger partial charge in [0.1, 0.15) is 0 Å². The van der Waals surface area contributed by atoms with Crippen LogP contribution < -0.4 is 20.1 Å². The number of non-ortho nitro benzene ring substituents is 1. The molecule has 0 spiro atoms. The zero-order valence-corrected chi connectivity index (χ0v) is 15.5. The zero-order valence-electron chi connectivity index (χ0n) is 14.8. The highest BCUT2D eigenvalue weighted by Crippen LogP contribution is 2.36. The van der Waals surface area contributed by atoms with E-state index in [-0.39, 0.29) is 5.69 Å². The molecule has 2 aromatic rings. The number of nitro groups is 1. The predicted octanol–water partition coefficient (Wildman–Crippen LogP) is 3.86. The van der Waals surface area contributed by atoms with E-state index in [1.807, 2.05) is 19.1 Å². The Balaban J connectivity index is 1.80. The summed E-state index contributed by atoms with van der Waals surface area (Å²) in [6.45, 7) is 4.43. The summed E-state index contributed by atoms with van der Waals surface area (Å²) in [5, 5.41) is 17.6. The molecule has 7 nitrogen and oxygen atoms in total. The smallest absolute Gasteiger partial charge is 0.269 e. The van der Waals surface area contributed by atoms with Gasteiger partial charge in [0, 0.05) is 37.5 Å². The van der Waals surface area contributed by atoms with Gasteiger partial charge < -0.3 is 20.1 Å². The van der Waals surface area contributed by atoms with Crippen LogP contribution in [-0.4, -0.2) is 31.7 Å². The number of nitrogens with zero attached hydrogens (tertiary/aromatic N) is 1. The largest absolute Gasteiger partial charge is 0.493 e. The summed E-state index contributed by atoms with van der Waals surface area (Å²) in [5.41, 5.74) is 1.91. The molecule has 0 saturated heterocycles. The molecule has 2 aromatic carbocycles. The Morgan fingerprint density at radius 3 is 2.54 bits per heavy atom. The molecule has 2 rings (SSSR count). The number of halogens is 1. The maximum atomic E-state index is 10.6. The van der Waals surface area contributed by atoms with Crippen LogP contribution in [0.1, 0.15) is 12.5 Å². The Morgan fingerprint density at radius 1 is 1.19 bits per heavy atom. The van der Waals surface area contributed by atoms with E-state index in [2.05, 4.69) is 10.6 Å². The van der Waals surface area contributed by atoms with E-state index in [4.69, 9.17) is 21.1 Å². The highest BCUT2D eigenvalue weighted by atomic mass is 35.5. The van der Waals surface area contributed by atoms with Gasteiger partial charge in [-0.05, 0) is 36.8 Å². The lowest BCUT2D eigenvalue weighted by atomic mass is 10.2. The molecule has 140 valence electrons. The molecule has 26 heavy (non-hydrogen) atoms. The van der Waals surface area contributed by atoms with Gasteiger partial charge in [0.05, 0.1) is 23.7 Å². The van der Waals surface area contributed by atoms with Crippen LogP contribution >= 0.6 is 11.6 Å². The summed E-state index contributed by atoms with van der Waals surface area (Å²) in [7, 11) is 1.58. The van der Waals surface area contributed by atoms with Crippen molar-refractivity contribution in [3.05, 3.63) is 57.1 Å². The van der Waals surface area contributed by atoms with Crippen LogP contribution in [0.15, 0.2) is 36.4 Å². The van der Waals surface area contributed by atoms with Gasteiger partial charge in [-0.15, -0.1) is 0 Å². The Hall–Kier alpha value is -2.51. The summed E-state index contributed by atoms with van der Waals surface area (Å²) in [5.74, 6) is 1.17. The maximum Gasteiger partial charge on any atom is 0.269 e. The van der Waals surface area contributed by atoms with Gasteiger partial charge in [-0.2, -0.15) is 0 Å². The Morgan fingerprint density at radius 2 is 1.92 bits per heavy atom. The summed E-state index contributed by atoms with van der Waals surface area (Å²) in [6, 6.07) is 10.1.